The molecule has 4 rings (SSSR count). The Balaban J connectivity index is 1.44. The molecule has 0 saturated heterocycles. The van der Waals surface area contributed by atoms with Gasteiger partial charge in [0.05, 0.1) is 39.1 Å². The zero-order valence-corrected chi connectivity index (χ0v) is 19.5. The fourth-order valence-corrected chi connectivity index (χ4v) is 4.17. The van der Waals surface area contributed by atoms with E-state index in [4.69, 9.17) is 19.2 Å². The highest BCUT2D eigenvalue weighted by Gasteiger charge is 2.20. The molecule has 9 heteroatoms. The summed E-state index contributed by atoms with van der Waals surface area (Å²) in [7, 11) is 4.43. The van der Waals surface area contributed by atoms with Crippen molar-refractivity contribution in [3.05, 3.63) is 53.2 Å². The molecule has 34 heavy (non-hydrogen) atoms. The van der Waals surface area contributed by atoms with Gasteiger partial charge < -0.3 is 19.5 Å². The molecule has 1 aromatic heterocycles. The third-order valence-electron chi connectivity index (χ3n) is 5.83. The van der Waals surface area contributed by atoms with Gasteiger partial charge >= 0.3 is 0 Å². The van der Waals surface area contributed by atoms with Crippen molar-refractivity contribution in [3.63, 3.8) is 0 Å². The number of nitrogens with one attached hydrogen (secondary N) is 3. The molecule has 0 bridgehead atoms. The molecule has 0 unspecified atom stereocenters. The van der Waals surface area contributed by atoms with E-state index in [1.54, 1.807) is 0 Å². The summed E-state index contributed by atoms with van der Waals surface area (Å²) in [4.78, 5) is 30.0. The van der Waals surface area contributed by atoms with Crippen LogP contribution in [0.5, 0.6) is 17.2 Å². The number of carbonyl (C=O) groups is 2. The van der Waals surface area contributed by atoms with Gasteiger partial charge in [-0.1, -0.05) is 18.2 Å². The van der Waals surface area contributed by atoms with Crippen LogP contribution in [0.4, 0.5) is 5.69 Å². The standard InChI is InChI=1S/C25H28N4O5/c1-32-20-12-15(13-21(33-2)24(20)34-3)25(31)26-14-22(30)28-29-23-16-8-4-6-10-18(16)27-19-11-7-5-9-17(19)23/h4,6,8,10,12-13H,5,7,9,11,14H2,1-3H3,(H,26,31)(H,27,29)(H,28,30). The molecule has 1 heterocycles. The quantitative estimate of drug-likeness (QED) is 0.440. The van der Waals surface area contributed by atoms with E-state index in [9.17, 15) is 9.59 Å². The first-order valence-electron chi connectivity index (χ1n) is 11.1. The Morgan fingerprint density at radius 2 is 1.68 bits per heavy atom. The summed E-state index contributed by atoms with van der Waals surface area (Å²) in [5, 5.41) is 3.57. The van der Waals surface area contributed by atoms with E-state index < -0.39 is 5.91 Å². The van der Waals surface area contributed by atoms with Crippen LogP contribution in [-0.2, 0) is 17.6 Å². The third-order valence-corrected chi connectivity index (χ3v) is 5.83. The predicted octanol–water partition coefficient (Wildman–Crippen LogP) is 3.01. The molecule has 1 aliphatic rings. The summed E-state index contributed by atoms with van der Waals surface area (Å²) in [6, 6.07) is 10.9. The maximum Gasteiger partial charge on any atom is 0.257 e. The van der Waals surface area contributed by atoms with Gasteiger partial charge in [0.2, 0.25) is 5.75 Å². The van der Waals surface area contributed by atoms with Crippen LogP contribution in [0.15, 0.2) is 36.4 Å². The zero-order chi connectivity index (χ0) is 24.1. The van der Waals surface area contributed by atoms with Crippen molar-refractivity contribution in [1.29, 1.82) is 0 Å². The predicted molar refractivity (Wildman–Crippen MR) is 129 cm³/mol. The monoisotopic (exact) mass is 464 g/mol. The van der Waals surface area contributed by atoms with E-state index in [2.05, 4.69) is 16.2 Å². The fraction of sp³-hybridized carbons (Fsp3) is 0.320. The lowest BCUT2D eigenvalue weighted by Gasteiger charge is -2.22. The fourth-order valence-electron chi connectivity index (χ4n) is 4.17. The van der Waals surface area contributed by atoms with Crippen molar-refractivity contribution >= 4 is 28.4 Å². The van der Waals surface area contributed by atoms with Gasteiger partial charge in [-0.2, -0.15) is 0 Å². The first kappa shape index (κ1) is 23.2. The van der Waals surface area contributed by atoms with E-state index >= 15 is 0 Å². The van der Waals surface area contributed by atoms with Crippen LogP contribution in [0.2, 0.25) is 0 Å². The van der Waals surface area contributed by atoms with Crippen LogP contribution in [0, 0.1) is 0 Å². The molecule has 178 valence electrons. The van der Waals surface area contributed by atoms with Gasteiger partial charge in [0.15, 0.2) is 11.5 Å². The number of aryl methyl sites for hydroxylation is 1. The second-order valence-corrected chi connectivity index (χ2v) is 7.91. The smallest absolute Gasteiger partial charge is 0.257 e. The largest absolute Gasteiger partial charge is 0.493 e. The van der Waals surface area contributed by atoms with Gasteiger partial charge in [-0.3, -0.25) is 25.4 Å². The Morgan fingerprint density at radius 1 is 0.971 bits per heavy atom. The van der Waals surface area contributed by atoms with Gasteiger partial charge in [-0.15, -0.1) is 0 Å². The van der Waals surface area contributed by atoms with Gasteiger partial charge in [0.1, 0.15) is 0 Å². The van der Waals surface area contributed by atoms with Crippen LogP contribution in [-0.4, -0.2) is 44.7 Å². The Hall–Kier alpha value is -4.01. The molecule has 3 aromatic rings. The molecule has 9 nitrogen and oxygen atoms in total. The van der Waals surface area contributed by atoms with E-state index in [0.717, 1.165) is 53.5 Å². The SMILES string of the molecule is COc1cc(C(=O)NCC(=O)NNc2c3c(nc4ccccc24)CCCC3)cc(OC)c1OC. The molecule has 0 fully saturated rings. The number of aromatic nitrogens is 1. The molecule has 0 spiro atoms. The zero-order valence-electron chi connectivity index (χ0n) is 19.5. The number of hydrogen-bond donors (Lipinski definition) is 3. The number of rotatable bonds is 8. The summed E-state index contributed by atoms with van der Waals surface area (Å²) >= 11 is 0. The van der Waals surface area contributed by atoms with Gasteiger partial charge in [-0.25, -0.2) is 0 Å². The number of para-hydroxylation sites is 1. The Morgan fingerprint density at radius 3 is 2.38 bits per heavy atom. The third kappa shape index (κ3) is 4.68. The van der Waals surface area contributed by atoms with E-state index in [0.29, 0.717) is 17.2 Å². The summed E-state index contributed by atoms with van der Waals surface area (Å²) in [5.41, 5.74) is 10.0. The van der Waals surface area contributed by atoms with Crippen LogP contribution in [0.1, 0.15) is 34.5 Å². The normalized spacial score (nSPS) is 12.4. The van der Waals surface area contributed by atoms with Crippen LogP contribution in [0.25, 0.3) is 10.9 Å². The summed E-state index contributed by atoms with van der Waals surface area (Å²) in [5.74, 6) is 0.267. The number of anilines is 1. The molecule has 3 N–H and O–H groups in total. The molecular weight excluding hydrogens is 436 g/mol. The second-order valence-electron chi connectivity index (χ2n) is 7.91. The number of pyridine rings is 1. The van der Waals surface area contributed by atoms with Gasteiger partial charge in [-0.05, 0) is 49.4 Å². The lowest BCUT2D eigenvalue weighted by atomic mass is 9.93. The summed E-state index contributed by atoms with van der Waals surface area (Å²) in [6.45, 7) is -0.215. The second kappa shape index (κ2) is 10.3. The first-order valence-corrected chi connectivity index (χ1v) is 11.1. The number of hydrogen-bond acceptors (Lipinski definition) is 7. The van der Waals surface area contributed by atoms with Gasteiger partial charge in [0, 0.05) is 16.6 Å². The Kier molecular flexibility index (Phi) is 7.01. The van der Waals surface area contributed by atoms with Crippen molar-refractivity contribution in [2.24, 2.45) is 0 Å². The number of hydrazine groups is 1. The molecule has 0 radical (unpaired) electrons. The van der Waals surface area contributed by atoms with Gasteiger partial charge in [0.25, 0.3) is 11.8 Å². The lowest BCUT2D eigenvalue weighted by molar-refractivity contribution is -0.119. The molecule has 1 aliphatic carbocycles. The molecular formula is C25H28N4O5. The molecule has 2 amide bonds. The minimum atomic E-state index is -0.443. The number of amides is 2. The van der Waals surface area contributed by atoms with E-state index in [-0.39, 0.29) is 18.0 Å². The number of carbonyl (C=O) groups excluding carboxylic acids is 2. The topological polar surface area (TPSA) is 111 Å². The maximum absolute atomic E-state index is 12.7. The molecule has 0 aliphatic heterocycles. The van der Waals surface area contributed by atoms with Crippen molar-refractivity contribution in [2.75, 3.05) is 33.3 Å². The molecule has 2 aromatic carbocycles. The van der Waals surface area contributed by atoms with Crippen LogP contribution < -0.4 is 30.4 Å². The number of fused-ring (bicyclic) bond motifs is 2. The number of ether oxygens (including phenoxy) is 3. The van der Waals surface area contributed by atoms with Crippen molar-refractivity contribution in [2.45, 2.75) is 25.7 Å². The van der Waals surface area contributed by atoms with E-state index in [1.165, 1.54) is 33.5 Å². The number of nitrogens with zero attached hydrogens (tertiary/aromatic N) is 1. The number of benzene rings is 2. The Labute approximate surface area is 197 Å². The average Bonchev–Trinajstić information content (AvgIpc) is 2.88. The van der Waals surface area contributed by atoms with Crippen molar-refractivity contribution in [3.8, 4) is 17.2 Å². The summed E-state index contributed by atoms with van der Waals surface area (Å²) < 4.78 is 15.8. The first-order chi connectivity index (χ1) is 16.5. The minimum Gasteiger partial charge on any atom is -0.493 e. The average molecular weight is 465 g/mol. The highest BCUT2D eigenvalue weighted by molar-refractivity contribution is 5.98. The Bertz CT molecular complexity index is 1200. The highest BCUT2D eigenvalue weighted by Crippen LogP contribution is 2.38. The van der Waals surface area contributed by atoms with E-state index in [1.807, 2.05) is 24.3 Å². The maximum atomic E-state index is 12.7. The van der Waals surface area contributed by atoms with Crippen molar-refractivity contribution in [1.82, 2.24) is 15.7 Å². The van der Waals surface area contributed by atoms with Crippen molar-refractivity contribution < 1.29 is 23.8 Å². The summed E-state index contributed by atoms with van der Waals surface area (Å²) in [6.07, 6.45) is 4.02. The highest BCUT2D eigenvalue weighted by atomic mass is 16.5. The van der Waals surface area contributed by atoms with Crippen LogP contribution >= 0.6 is 0 Å². The van der Waals surface area contributed by atoms with Crippen LogP contribution in [0.3, 0.4) is 0 Å². The lowest BCUT2D eigenvalue weighted by Crippen LogP contribution is -2.39. The minimum absolute atomic E-state index is 0.215. The molecule has 0 atom stereocenters. The number of methoxy groups -OCH3 is 3. The molecule has 0 saturated carbocycles.